The highest BCUT2D eigenvalue weighted by molar-refractivity contribution is 5.37. The van der Waals surface area contributed by atoms with Gasteiger partial charge in [-0.1, -0.05) is 48.0 Å². The summed E-state index contributed by atoms with van der Waals surface area (Å²) in [6, 6.07) is 16.3. The number of hydrogen-bond acceptors (Lipinski definition) is 1. The smallest absolute Gasteiger partial charge is 0.0358 e. The number of fused-ring (bicyclic) bond motifs is 1. The molecule has 2 aromatic rings. The molecule has 104 valence electrons. The van der Waals surface area contributed by atoms with Crippen LogP contribution in [-0.2, 0) is 19.3 Å². The molecule has 0 radical (unpaired) electrons. The van der Waals surface area contributed by atoms with E-state index in [1.54, 1.807) is 11.1 Å². The Bertz CT molecular complexity index is 600. The van der Waals surface area contributed by atoms with Gasteiger partial charge in [0.05, 0.1) is 0 Å². The van der Waals surface area contributed by atoms with Gasteiger partial charge in [-0.15, -0.1) is 0 Å². The molecule has 0 bridgehead atoms. The SMILES string of the molecule is CNC(Cc1cccc(C)c1)c1ccc2c(c1)CCC2. The lowest BCUT2D eigenvalue weighted by molar-refractivity contribution is 0.591. The fourth-order valence-corrected chi connectivity index (χ4v) is 3.27. The zero-order chi connectivity index (χ0) is 13.9. The lowest BCUT2D eigenvalue weighted by Crippen LogP contribution is -2.19. The number of benzene rings is 2. The molecule has 1 nitrogen and oxygen atoms in total. The number of rotatable bonds is 4. The molecule has 1 aliphatic carbocycles. The minimum absolute atomic E-state index is 0.405. The second kappa shape index (κ2) is 5.80. The van der Waals surface area contributed by atoms with Gasteiger partial charge in [0.1, 0.15) is 0 Å². The van der Waals surface area contributed by atoms with Gasteiger partial charge in [0, 0.05) is 6.04 Å². The monoisotopic (exact) mass is 265 g/mol. The highest BCUT2D eigenvalue weighted by Crippen LogP contribution is 2.27. The van der Waals surface area contributed by atoms with Gasteiger partial charge in [-0.2, -0.15) is 0 Å². The first kappa shape index (κ1) is 13.4. The number of aryl methyl sites for hydroxylation is 3. The predicted molar refractivity (Wildman–Crippen MR) is 85.2 cm³/mol. The zero-order valence-corrected chi connectivity index (χ0v) is 12.4. The van der Waals surface area contributed by atoms with Gasteiger partial charge >= 0.3 is 0 Å². The molecular formula is C19H23N. The maximum absolute atomic E-state index is 3.48. The standard InChI is InChI=1S/C19H23N/c1-14-5-3-6-15(11-14)12-19(20-2)18-10-9-16-7-4-8-17(16)13-18/h3,5-6,9-11,13,19-20H,4,7-8,12H2,1-2H3. The zero-order valence-electron chi connectivity index (χ0n) is 12.4. The van der Waals surface area contributed by atoms with Crippen molar-refractivity contribution in [1.29, 1.82) is 0 Å². The third-order valence-corrected chi connectivity index (χ3v) is 4.40. The first-order valence-corrected chi connectivity index (χ1v) is 7.61. The van der Waals surface area contributed by atoms with E-state index in [0.29, 0.717) is 6.04 Å². The van der Waals surface area contributed by atoms with Crippen molar-refractivity contribution in [3.63, 3.8) is 0 Å². The van der Waals surface area contributed by atoms with Gasteiger partial charge in [0.2, 0.25) is 0 Å². The Labute approximate surface area is 122 Å². The van der Waals surface area contributed by atoms with Crippen LogP contribution in [0.5, 0.6) is 0 Å². The van der Waals surface area contributed by atoms with Crippen molar-refractivity contribution < 1.29 is 0 Å². The van der Waals surface area contributed by atoms with Gasteiger partial charge in [-0.05, 0) is 61.9 Å². The maximum atomic E-state index is 3.48. The molecule has 20 heavy (non-hydrogen) atoms. The average Bonchev–Trinajstić information content (AvgIpc) is 2.92. The molecule has 0 saturated carbocycles. The fraction of sp³-hybridized carbons (Fsp3) is 0.368. The summed E-state index contributed by atoms with van der Waals surface area (Å²) in [5, 5.41) is 3.48. The van der Waals surface area contributed by atoms with Crippen molar-refractivity contribution in [1.82, 2.24) is 5.32 Å². The molecule has 0 amide bonds. The Morgan fingerprint density at radius 2 is 1.90 bits per heavy atom. The molecule has 0 heterocycles. The van der Waals surface area contributed by atoms with Crippen molar-refractivity contribution in [3.05, 3.63) is 70.3 Å². The Hall–Kier alpha value is -1.60. The minimum atomic E-state index is 0.405. The van der Waals surface area contributed by atoms with Crippen molar-refractivity contribution in [2.75, 3.05) is 7.05 Å². The molecule has 0 aliphatic heterocycles. The normalized spacial score (nSPS) is 15.1. The molecule has 2 aromatic carbocycles. The molecule has 0 fully saturated rings. The van der Waals surface area contributed by atoms with E-state index >= 15 is 0 Å². The van der Waals surface area contributed by atoms with Crippen LogP contribution in [0, 0.1) is 6.92 Å². The lowest BCUT2D eigenvalue weighted by Gasteiger charge is -2.18. The second-order valence-electron chi connectivity index (χ2n) is 5.92. The first-order valence-electron chi connectivity index (χ1n) is 7.61. The Kier molecular flexibility index (Phi) is 3.88. The summed E-state index contributed by atoms with van der Waals surface area (Å²) in [5.41, 5.74) is 7.29. The van der Waals surface area contributed by atoms with Gasteiger partial charge in [-0.25, -0.2) is 0 Å². The van der Waals surface area contributed by atoms with E-state index in [4.69, 9.17) is 0 Å². The second-order valence-corrected chi connectivity index (χ2v) is 5.92. The van der Waals surface area contributed by atoms with Crippen LogP contribution in [0.25, 0.3) is 0 Å². The van der Waals surface area contributed by atoms with Crippen molar-refractivity contribution >= 4 is 0 Å². The number of hydrogen-bond donors (Lipinski definition) is 1. The largest absolute Gasteiger partial charge is 0.313 e. The van der Waals surface area contributed by atoms with Crippen LogP contribution in [0.15, 0.2) is 42.5 Å². The van der Waals surface area contributed by atoms with E-state index in [0.717, 1.165) is 6.42 Å². The molecular weight excluding hydrogens is 242 g/mol. The third-order valence-electron chi connectivity index (χ3n) is 4.40. The molecule has 1 atom stereocenters. The molecule has 3 rings (SSSR count). The third kappa shape index (κ3) is 2.78. The molecule has 0 spiro atoms. The fourth-order valence-electron chi connectivity index (χ4n) is 3.27. The summed E-state index contributed by atoms with van der Waals surface area (Å²) in [6.45, 7) is 2.16. The van der Waals surface area contributed by atoms with Crippen molar-refractivity contribution in [2.24, 2.45) is 0 Å². The number of nitrogens with one attached hydrogen (secondary N) is 1. The van der Waals surface area contributed by atoms with Crippen LogP contribution in [0.1, 0.15) is 40.3 Å². The van der Waals surface area contributed by atoms with E-state index in [1.807, 2.05) is 0 Å². The van der Waals surface area contributed by atoms with Crippen LogP contribution in [-0.4, -0.2) is 7.05 Å². The summed E-state index contributed by atoms with van der Waals surface area (Å²) in [4.78, 5) is 0. The van der Waals surface area contributed by atoms with E-state index in [1.165, 1.54) is 36.0 Å². The highest BCUT2D eigenvalue weighted by Gasteiger charge is 2.15. The van der Waals surface area contributed by atoms with Crippen LogP contribution in [0.4, 0.5) is 0 Å². The maximum Gasteiger partial charge on any atom is 0.0358 e. The van der Waals surface area contributed by atoms with Crippen LogP contribution in [0.2, 0.25) is 0 Å². The Balaban J connectivity index is 1.83. The van der Waals surface area contributed by atoms with Crippen LogP contribution < -0.4 is 5.32 Å². The van der Waals surface area contributed by atoms with Gasteiger partial charge in [-0.3, -0.25) is 0 Å². The van der Waals surface area contributed by atoms with Crippen LogP contribution in [0.3, 0.4) is 0 Å². The summed E-state index contributed by atoms with van der Waals surface area (Å²) in [7, 11) is 2.06. The molecule has 1 heteroatoms. The van der Waals surface area contributed by atoms with Gasteiger partial charge in [0.25, 0.3) is 0 Å². The quantitative estimate of drug-likeness (QED) is 0.881. The molecule has 1 N–H and O–H groups in total. The van der Waals surface area contributed by atoms with E-state index in [-0.39, 0.29) is 0 Å². The lowest BCUT2D eigenvalue weighted by atomic mass is 9.95. The summed E-state index contributed by atoms with van der Waals surface area (Å²) in [5.74, 6) is 0. The minimum Gasteiger partial charge on any atom is -0.313 e. The van der Waals surface area contributed by atoms with Gasteiger partial charge < -0.3 is 5.32 Å². The molecule has 1 unspecified atom stereocenters. The van der Waals surface area contributed by atoms with Crippen LogP contribution >= 0.6 is 0 Å². The Morgan fingerprint density at radius 3 is 2.70 bits per heavy atom. The van der Waals surface area contributed by atoms with Crippen molar-refractivity contribution in [2.45, 2.75) is 38.6 Å². The first-order chi connectivity index (χ1) is 9.76. The van der Waals surface area contributed by atoms with Gasteiger partial charge in [0.15, 0.2) is 0 Å². The van der Waals surface area contributed by atoms with E-state index in [9.17, 15) is 0 Å². The topological polar surface area (TPSA) is 12.0 Å². The Morgan fingerprint density at radius 1 is 1.05 bits per heavy atom. The number of likely N-dealkylation sites (N-methyl/N-ethyl adjacent to an activating group) is 1. The molecule has 0 aromatic heterocycles. The average molecular weight is 265 g/mol. The van der Waals surface area contributed by atoms with Crippen molar-refractivity contribution in [3.8, 4) is 0 Å². The summed E-state index contributed by atoms with van der Waals surface area (Å²) in [6.07, 6.45) is 4.89. The molecule has 0 saturated heterocycles. The molecule has 1 aliphatic rings. The van der Waals surface area contributed by atoms with E-state index < -0.39 is 0 Å². The highest BCUT2D eigenvalue weighted by atomic mass is 14.9. The predicted octanol–water partition coefficient (Wildman–Crippen LogP) is 3.99. The summed E-state index contributed by atoms with van der Waals surface area (Å²) >= 11 is 0. The summed E-state index contributed by atoms with van der Waals surface area (Å²) < 4.78 is 0. The van der Waals surface area contributed by atoms with E-state index in [2.05, 4.69) is 61.8 Å².